The van der Waals surface area contributed by atoms with Crippen molar-refractivity contribution < 1.29 is 14.7 Å². The molecule has 5 nitrogen and oxygen atoms in total. The fourth-order valence-electron chi connectivity index (χ4n) is 1.28. The van der Waals surface area contributed by atoms with Crippen LogP contribution in [0.2, 0.25) is 0 Å². The minimum Gasteiger partial charge on any atom is -0.478 e. The van der Waals surface area contributed by atoms with E-state index in [0.717, 1.165) is 0 Å². The average Bonchev–Trinajstić information content (AvgIpc) is 2.31. The van der Waals surface area contributed by atoms with Gasteiger partial charge in [0, 0.05) is 10.5 Å². The molecule has 0 radical (unpaired) electrons. The van der Waals surface area contributed by atoms with E-state index in [-0.39, 0.29) is 17.6 Å². The Morgan fingerprint density at radius 3 is 2.37 bits per heavy atom. The quantitative estimate of drug-likeness (QED) is 0.793. The van der Waals surface area contributed by atoms with Crippen LogP contribution in [-0.2, 0) is 0 Å². The van der Waals surface area contributed by atoms with E-state index in [4.69, 9.17) is 5.11 Å². The van der Waals surface area contributed by atoms with Crippen LogP contribution >= 0.6 is 15.9 Å². The van der Waals surface area contributed by atoms with Gasteiger partial charge in [-0.25, -0.2) is 9.59 Å². The van der Waals surface area contributed by atoms with Gasteiger partial charge in [0.1, 0.15) is 0 Å². The molecule has 0 aliphatic carbocycles. The standard InChI is InChI=1S/C13H17BrN2O3/c1-7(2)8(3)15-13(19)16-11-5-4-9(12(17)18)6-10(11)14/h4-8H,1-3H3,(H,17,18)(H2,15,16,19). The zero-order valence-electron chi connectivity index (χ0n) is 11.0. The Balaban J connectivity index is 2.72. The van der Waals surface area contributed by atoms with Gasteiger partial charge in [-0.15, -0.1) is 0 Å². The van der Waals surface area contributed by atoms with Crippen molar-refractivity contribution in [3.63, 3.8) is 0 Å². The van der Waals surface area contributed by atoms with Crippen molar-refractivity contribution in [3.8, 4) is 0 Å². The van der Waals surface area contributed by atoms with Gasteiger partial charge in [-0.05, 0) is 47.0 Å². The largest absolute Gasteiger partial charge is 0.478 e. The monoisotopic (exact) mass is 328 g/mol. The lowest BCUT2D eigenvalue weighted by Crippen LogP contribution is -2.39. The van der Waals surface area contributed by atoms with E-state index in [0.29, 0.717) is 16.1 Å². The average molecular weight is 329 g/mol. The van der Waals surface area contributed by atoms with Crippen molar-refractivity contribution in [2.24, 2.45) is 5.92 Å². The topological polar surface area (TPSA) is 78.4 Å². The second kappa shape index (κ2) is 6.56. The van der Waals surface area contributed by atoms with Gasteiger partial charge in [0.2, 0.25) is 0 Å². The van der Waals surface area contributed by atoms with E-state index < -0.39 is 5.97 Å². The summed E-state index contributed by atoms with van der Waals surface area (Å²) in [5.41, 5.74) is 0.687. The molecule has 0 aromatic heterocycles. The fraction of sp³-hybridized carbons (Fsp3) is 0.385. The summed E-state index contributed by atoms with van der Waals surface area (Å²) in [7, 11) is 0. The van der Waals surface area contributed by atoms with Crippen molar-refractivity contribution in [1.29, 1.82) is 0 Å². The molecule has 1 aromatic rings. The minimum atomic E-state index is -1.01. The van der Waals surface area contributed by atoms with Gasteiger partial charge < -0.3 is 15.7 Å². The number of amides is 2. The lowest BCUT2D eigenvalue weighted by Gasteiger charge is -2.18. The summed E-state index contributed by atoms with van der Waals surface area (Å²) in [6.07, 6.45) is 0. The third-order valence-corrected chi connectivity index (χ3v) is 3.48. The number of carboxylic acids is 1. The van der Waals surface area contributed by atoms with Gasteiger partial charge in [0.15, 0.2) is 0 Å². The number of carbonyl (C=O) groups is 2. The predicted octanol–water partition coefficient (Wildman–Crippen LogP) is 3.31. The fourth-order valence-corrected chi connectivity index (χ4v) is 1.76. The molecule has 1 unspecified atom stereocenters. The maximum atomic E-state index is 11.7. The molecular weight excluding hydrogens is 312 g/mol. The Hall–Kier alpha value is -1.56. The molecule has 3 N–H and O–H groups in total. The van der Waals surface area contributed by atoms with E-state index in [2.05, 4.69) is 26.6 Å². The number of nitrogens with one attached hydrogen (secondary N) is 2. The summed E-state index contributed by atoms with van der Waals surface area (Å²) in [6.45, 7) is 5.96. The molecule has 0 spiro atoms. The number of carbonyl (C=O) groups excluding carboxylic acids is 1. The number of carboxylic acid groups (broad SMARTS) is 1. The molecule has 1 rings (SSSR count). The third kappa shape index (κ3) is 4.55. The van der Waals surface area contributed by atoms with Crippen LogP contribution in [0.5, 0.6) is 0 Å². The van der Waals surface area contributed by atoms with E-state index in [1.165, 1.54) is 12.1 Å². The molecule has 0 saturated heterocycles. The van der Waals surface area contributed by atoms with Crippen molar-refractivity contribution in [2.75, 3.05) is 5.32 Å². The minimum absolute atomic E-state index is 0.0528. The maximum Gasteiger partial charge on any atom is 0.335 e. The van der Waals surface area contributed by atoms with Crippen LogP contribution in [0, 0.1) is 5.92 Å². The lowest BCUT2D eigenvalue weighted by molar-refractivity contribution is 0.0697. The molecule has 2 amide bonds. The first-order chi connectivity index (χ1) is 8.81. The zero-order chi connectivity index (χ0) is 14.6. The molecule has 1 atom stereocenters. The zero-order valence-corrected chi connectivity index (χ0v) is 12.6. The third-order valence-electron chi connectivity index (χ3n) is 2.82. The Morgan fingerprint density at radius 2 is 1.89 bits per heavy atom. The first kappa shape index (κ1) is 15.5. The second-order valence-corrected chi connectivity index (χ2v) is 5.49. The first-order valence-electron chi connectivity index (χ1n) is 5.91. The van der Waals surface area contributed by atoms with Crippen molar-refractivity contribution in [3.05, 3.63) is 28.2 Å². The first-order valence-corrected chi connectivity index (χ1v) is 6.71. The van der Waals surface area contributed by atoms with Crippen LogP contribution in [0.1, 0.15) is 31.1 Å². The molecule has 0 aliphatic rings. The van der Waals surface area contributed by atoms with Crippen LogP contribution in [0.25, 0.3) is 0 Å². The van der Waals surface area contributed by atoms with Crippen LogP contribution in [0.4, 0.5) is 10.5 Å². The van der Waals surface area contributed by atoms with E-state index in [1.807, 2.05) is 20.8 Å². The van der Waals surface area contributed by atoms with Crippen molar-refractivity contribution >= 4 is 33.6 Å². The Bertz CT molecular complexity index is 489. The number of hydrogen-bond acceptors (Lipinski definition) is 2. The highest BCUT2D eigenvalue weighted by molar-refractivity contribution is 9.10. The Kier molecular flexibility index (Phi) is 5.35. The number of hydrogen-bond donors (Lipinski definition) is 3. The Labute approximate surface area is 120 Å². The molecule has 0 bridgehead atoms. The van der Waals surface area contributed by atoms with Gasteiger partial charge in [-0.2, -0.15) is 0 Å². The summed E-state index contributed by atoms with van der Waals surface area (Å²) in [5, 5.41) is 14.3. The van der Waals surface area contributed by atoms with Gasteiger partial charge in [-0.3, -0.25) is 0 Å². The molecule has 0 saturated carbocycles. The van der Waals surface area contributed by atoms with Gasteiger partial charge in [0.25, 0.3) is 0 Å². The number of urea groups is 1. The van der Waals surface area contributed by atoms with Crippen molar-refractivity contribution in [1.82, 2.24) is 5.32 Å². The van der Waals surface area contributed by atoms with Crippen LogP contribution in [0.3, 0.4) is 0 Å². The smallest absolute Gasteiger partial charge is 0.335 e. The number of rotatable bonds is 4. The highest BCUT2D eigenvalue weighted by atomic mass is 79.9. The summed E-state index contributed by atoms with van der Waals surface area (Å²) in [6, 6.07) is 4.17. The van der Waals surface area contributed by atoms with Gasteiger partial charge >= 0.3 is 12.0 Å². The molecule has 0 heterocycles. The summed E-state index contributed by atoms with van der Waals surface area (Å²) in [5.74, 6) is -0.672. The van der Waals surface area contributed by atoms with E-state index in [1.54, 1.807) is 6.07 Å². The number of benzene rings is 1. The summed E-state index contributed by atoms with van der Waals surface area (Å²) < 4.78 is 0.528. The van der Waals surface area contributed by atoms with Crippen LogP contribution in [-0.4, -0.2) is 23.1 Å². The summed E-state index contributed by atoms with van der Waals surface area (Å²) in [4.78, 5) is 22.5. The van der Waals surface area contributed by atoms with Crippen LogP contribution < -0.4 is 10.6 Å². The molecule has 1 aromatic carbocycles. The molecule has 0 fully saturated rings. The Morgan fingerprint density at radius 1 is 1.26 bits per heavy atom. The van der Waals surface area contributed by atoms with Crippen LogP contribution in [0.15, 0.2) is 22.7 Å². The molecule has 19 heavy (non-hydrogen) atoms. The maximum absolute atomic E-state index is 11.7. The lowest BCUT2D eigenvalue weighted by atomic mass is 10.1. The number of anilines is 1. The highest BCUT2D eigenvalue weighted by Gasteiger charge is 2.12. The molecule has 0 aliphatic heterocycles. The SMILES string of the molecule is CC(C)C(C)NC(=O)Nc1ccc(C(=O)O)cc1Br. The van der Waals surface area contributed by atoms with Gasteiger partial charge in [-0.1, -0.05) is 13.8 Å². The molecular formula is C13H17BrN2O3. The van der Waals surface area contributed by atoms with E-state index >= 15 is 0 Å². The van der Waals surface area contributed by atoms with Gasteiger partial charge in [0.05, 0.1) is 11.3 Å². The summed E-state index contributed by atoms with van der Waals surface area (Å²) >= 11 is 3.23. The molecule has 104 valence electrons. The van der Waals surface area contributed by atoms with Crippen molar-refractivity contribution in [2.45, 2.75) is 26.8 Å². The molecule has 6 heteroatoms. The second-order valence-electron chi connectivity index (χ2n) is 4.63. The highest BCUT2D eigenvalue weighted by Crippen LogP contribution is 2.23. The normalized spacial score (nSPS) is 12.1. The van der Waals surface area contributed by atoms with E-state index in [9.17, 15) is 9.59 Å². The number of halogens is 1. The number of aromatic carboxylic acids is 1. The predicted molar refractivity (Wildman–Crippen MR) is 77.6 cm³/mol.